The molecule has 3 aromatic rings. The second-order valence-corrected chi connectivity index (χ2v) is 5.65. The minimum atomic E-state index is 0.0704. The molecule has 3 heteroatoms. The molecule has 2 heterocycles. The maximum Gasteiger partial charge on any atom is 0.258 e. The molecule has 0 bridgehead atoms. The van der Waals surface area contributed by atoms with Gasteiger partial charge in [0.25, 0.3) is 5.91 Å². The predicted molar refractivity (Wildman–Crippen MR) is 91.5 cm³/mol. The van der Waals surface area contributed by atoms with Gasteiger partial charge in [-0.05, 0) is 59.5 Å². The SMILES string of the molecule is O=C(c1ccccc1)N1CCc2cc(-c3ccncc3)ccc21. The normalized spacial score (nSPS) is 13.0. The average Bonchev–Trinajstić information content (AvgIpc) is 3.05. The van der Waals surface area contributed by atoms with Crippen LogP contribution in [0.2, 0.25) is 0 Å². The highest BCUT2D eigenvalue weighted by atomic mass is 16.2. The van der Waals surface area contributed by atoms with Crippen LogP contribution in [0.25, 0.3) is 11.1 Å². The lowest BCUT2D eigenvalue weighted by molar-refractivity contribution is 0.0989. The van der Waals surface area contributed by atoms with E-state index in [1.807, 2.05) is 47.4 Å². The first-order valence-electron chi connectivity index (χ1n) is 7.73. The molecule has 0 unspecified atom stereocenters. The molecule has 0 saturated carbocycles. The third kappa shape index (κ3) is 2.50. The number of hydrogen-bond acceptors (Lipinski definition) is 2. The Morgan fingerprint density at radius 1 is 0.913 bits per heavy atom. The molecule has 1 amide bonds. The number of amides is 1. The number of carbonyl (C=O) groups excluding carboxylic acids is 1. The summed E-state index contributed by atoms with van der Waals surface area (Å²) >= 11 is 0. The van der Waals surface area contributed by atoms with Gasteiger partial charge in [-0.2, -0.15) is 0 Å². The zero-order valence-electron chi connectivity index (χ0n) is 12.6. The Labute approximate surface area is 135 Å². The fourth-order valence-electron chi connectivity index (χ4n) is 3.07. The van der Waals surface area contributed by atoms with Gasteiger partial charge in [0.2, 0.25) is 0 Å². The summed E-state index contributed by atoms with van der Waals surface area (Å²) in [7, 11) is 0. The molecule has 0 fully saturated rings. The number of aromatic nitrogens is 1. The molecule has 0 saturated heterocycles. The van der Waals surface area contributed by atoms with Gasteiger partial charge in [-0.1, -0.05) is 24.3 Å². The second-order valence-electron chi connectivity index (χ2n) is 5.65. The smallest absolute Gasteiger partial charge is 0.258 e. The van der Waals surface area contributed by atoms with E-state index in [0.717, 1.165) is 29.8 Å². The van der Waals surface area contributed by atoms with Gasteiger partial charge in [-0.15, -0.1) is 0 Å². The van der Waals surface area contributed by atoms with Crippen molar-refractivity contribution < 1.29 is 4.79 Å². The van der Waals surface area contributed by atoms with Crippen molar-refractivity contribution in [1.82, 2.24) is 4.98 Å². The first-order chi connectivity index (χ1) is 11.3. The molecule has 1 aromatic heterocycles. The van der Waals surface area contributed by atoms with E-state index in [2.05, 4.69) is 23.2 Å². The number of benzene rings is 2. The van der Waals surface area contributed by atoms with Crippen LogP contribution < -0.4 is 4.90 Å². The highest BCUT2D eigenvalue weighted by molar-refractivity contribution is 6.07. The zero-order chi connectivity index (χ0) is 15.6. The van der Waals surface area contributed by atoms with Gasteiger partial charge in [0.05, 0.1) is 0 Å². The topological polar surface area (TPSA) is 33.2 Å². The molecule has 2 aromatic carbocycles. The minimum Gasteiger partial charge on any atom is -0.308 e. The quantitative estimate of drug-likeness (QED) is 0.718. The van der Waals surface area contributed by atoms with Crippen molar-refractivity contribution in [2.45, 2.75) is 6.42 Å². The van der Waals surface area contributed by atoms with Gasteiger partial charge in [0.1, 0.15) is 0 Å². The van der Waals surface area contributed by atoms with Crippen LogP contribution in [0.15, 0.2) is 73.1 Å². The molecular formula is C20H16N2O. The van der Waals surface area contributed by atoms with E-state index in [4.69, 9.17) is 0 Å². The molecule has 0 spiro atoms. The monoisotopic (exact) mass is 300 g/mol. The summed E-state index contributed by atoms with van der Waals surface area (Å²) in [6.07, 6.45) is 4.49. The molecule has 0 N–H and O–H groups in total. The van der Waals surface area contributed by atoms with E-state index in [1.165, 1.54) is 11.1 Å². The molecule has 0 aliphatic carbocycles. The van der Waals surface area contributed by atoms with Crippen molar-refractivity contribution in [2.75, 3.05) is 11.4 Å². The summed E-state index contributed by atoms with van der Waals surface area (Å²) in [5, 5.41) is 0. The van der Waals surface area contributed by atoms with E-state index in [1.54, 1.807) is 12.4 Å². The first kappa shape index (κ1) is 13.7. The van der Waals surface area contributed by atoms with E-state index < -0.39 is 0 Å². The zero-order valence-corrected chi connectivity index (χ0v) is 12.6. The van der Waals surface area contributed by atoms with Crippen molar-refractivity contribution in [1.29, 1.82) is 0 Å². The third-order valence-electron chi connectivity index (χ3n) is 4.25. The van der Waals surface area contributed by atoms with E-state index in [9.17, 15) is 4.79 Å². The number of pyridine rings is 1. The van der Waals surface area contributed by atoms with Gasteiger partial charge in [-0.25, -0.2) is 0 Å². The summed E-state index contributed by atoms with van der Waals surface area (Å²) in [4.78, 5) is 18.6. The van der Waals surface area contributed by atoms with Crippen molar-refractivity contribution in [2.24, 2.45) is 0 Å². The lowest BCUT2D eigenvalue weighted by Crippen LogP contribution is -2.28. The maximum absolute atomic E-state index is 12.7. The Morgan fingerprint density at radius 2 is 1.70 bits per heavy atom. The van der Waals surface area contributed by atoms with Gasteiger partial charge < -0.3 is 4.90 Å². The van der Waals surface area contributed by atoms with Crippen LogP contribution in [0.5, 0.6) is 0 Å². The fraction of sp³-hybridized carbons (Fsp3) is 0.100. The first-order valence-corrected chi connectivity index (χ1v) is 7.73. The van der Waals surface area contributed by atoms with E-state index in [0.29, 0.717) is 0 Å². The van der Waals surface area contributed by atoms with Crippen LogP contribution in [-0.2, 0) is 6.42 Å². The van der Waals surface area contributed by atoms with Crippen LogP contribution in [0.3, 0.4) is 0 Å². The van der Waals surface area contributed by atoms with Crippen LogP contribution in [-0.4, -0.2) is 17.4 Å². The van der Waals surface area contributed by atoms with Crippen molar-refractivity contribution >= 4 is 11.6 Å². The Hall–Kier alpha value is -2.94. The maximum atomic E-state index is 12.7. The van der Waals surface area contributed by atoms with Crippen LogP contribution in [0, 0.1) is 0 Å². The summed E-state index contributed by atoms with van der Waals surface area (Å²) in [6, 6.07) is 19.8. The van der Waals surface area contributed by atoms with Gasteiger partial charge in [0, 0.05) is 30.2 Å². The highest BCUT2D eigenvalue weighted by Gasteiger charge is 2.25. The largest absolute Gasteiger partial charge is 0.308 e. The summed E-state index contributed by atoms with van der Waals surface area (Å²) in [6.45, 7) is 0.739. The lowest BCUT2D eigenvalue weighted by atomic mass is 10.0. The number of rotatable bonds is 2. The van der Waals surface area contributed by atoms with Crippen LogP contribution >= 0.6 is 0 Å². The van der Waals surface area contributed by atoms with E-state index >= 15 is 0 Å². The summed E-state index contributed by atoms with van der Waals surface area (Å²) < 4.78 is 0. The number of nitrogens with zero attached hydrogens (tertiary/aromatic N) is 2. The van der Waals surface area contributed by atoms with Crippen molar-refractivity contribution in [3.63, 3.8) is 0 Å². The third-order valence-corrected chi connectivity index (χ3v) is 4.25. The molecule has 1 aliphatic heterocycles. The van der Waals surface area contributed by atoms with E-state index in [-0.39, 0.29) is 5.91 Å². The molecule has 1 aliphatic rings. The standard InChI is InChI=1S/C20H16N2O/c23-20(16-4-2-1-3-5-16)22-13-10-18-14-17(6-7-19(18)22)15-8-11-21-12-9-15/h1-9,11-12,14H,10,13H2. The molecule has 3 nitrogen and oxygen atoms in total. The van der Waals surface area contributed by atoms with Gasteiger partial charge in [0.15, 0.2) is 0 Å². The van der Waals surface area contributed by atoms with Crippen LogP contribution in [0.4, 0.5) is 5.69 Å². The molecule has 4 rings (SSSR count). The van der Waals surface area contributed by atoms with Crippen molar-refractivity contribution in [3.8, 4) is 11.1 Å². The second kappa shape index (κ2) is 5.69. The Morgan fingerprint density at radius 3 is 2.48 bits per heavy atom. The number of carbonyl (C=O) groups is 1. The van der Waals surface area contributed by atoms with Gasteiger partial charge >= 0.3 is 0 Å². The molecular weight excluding hydrogens is 284 g/mol. The highest BCUT2D eigenvalue weighted by Crippen LogP contribution is 2.33. The number of anilines is 1. The molecule has 112 valence electrons. The lowest BCUT2D eigenvalue weighted by Gasteiger charge is -2.17. The minimum absolute atomic E-state index is 0.0704. The molecule has 0 atom stereocenters. The average molecular weight is 300 g/mol. The summed E-state index contributed by atoms with van der Waals surface area (Å²) in [5.41, 5.74) is 5.30. The Bertz CT molecular complexity index is 844. The molecule has 23 heavy (non-hydrogen) atoms. The number of fused-ring (bicyclic) bond motifs is 1. The molecule has 0 radical (unpaired) electrons. The van der Waals surface area contributed by atoms with Crippen LogP contribution in [0.1, 0.15) is 15.9 Å². The van der Waals surface area contributed by atoms with Gasteiger partial charge in [-0.3, -0.25) is 9.78 Å². The summed E-state index contributed by atoms with van der Waals surface area (Å²) in [5.74, 6) is 0.0704. The Kier molecular flexibility index (Phi) is 3.39. The number of hydrogen-bond donors (Lipinski definition) is 0. The predicted octanol–water partition coefficient (Wildman–Crippen LogP) is 3.95. The fourth-order valence-corrected chi connectivity index (χ4v) is 3.07. The van der Waals surface area contributed by atoms with Crippen molar-refractivity contribution in [3.05, 3.63) is 84.2 Å². The Balaban J connectivity index is 1.67.